The van der Waals surface area contributed by atoms with Gasteiger partial charge in [0, 0.05) is 36.2 Å². The highest BCUT2D eigenvalue weighted by Gasteiger charge is 2.22. The van der Waals surface area contributed by atoms with Crippen LogP contribution in [0.4, 0.5) is 11.4 Å². The molecule has 1 saturated heterocycles. The smallest absolute Gasteiger partial charge is 0.262 e. The number of nitrogens with zero attached hydrogens (tertiary/aromatic N) is 2. The summed E-state index contributed by atoms with van der Waals surface area (Å²) in [6.45, 7) is 6.72. The second-order valence-electron chi connectivity index (χ2n) is 6.15. The fraction of sp³-hybridized carbons (Fsp3) is 0.333. The number of nitrogens with one attached hydrogen (secondary N) is 1. The molecule has 5 nitrogen and oxygen atoms in total. The van der Waals surface area contributed by atoms with Gasteiger partial charge in [-0.15, -0.1) is 0 Å². The molecule has 0 aliphatic carbocycles. The molecule has 26 heavy (non-hydrogen) atoms. The summed E-state index contributed by atoms with van der Waals surface area (Å²) in [6, 6.07) is 11.5. The highest BCUT2D eigenvalue weighted by atomic mass is 35.5. The Balaban J connectivity index is 1.89. The van der Waals surface area contributed by atoms with Crippen LogP contribution in [-0.2, 0) is 10.0 Å². The summed E-state index contributed by atoms with van der Waals surface area (Å²) in [5.74, 6) is 0. The Hall–Kier alpha value is -1.47. The largest absolute Gasteiger partial charge is 0.367 e. The summed E-state index contributed by atoms with van der Waals surface area (Å²) < 4.78 is 28.2. The summed E-state index contributed by atoms with van der Waals surface area (Å²) in [4.78, 5) is 4.66. The molecule has 0 spiro atoms. The van der Waals surface area contributed by atoms with Crippen LogP contribution in [0, 0.1) is 0 Å². The number of sulfonamides is 1. The van der Waals surface area contributed by atoms with E-state index in [0.717, 1.165) is 38.4 Å². The fourth-order valence-electron chi connectivity index (χ4n) is 3.01. The van der Waals surface area contributed by atoms with Crippen LogP contribution in [0.3, 0.4) is 0 Å². The Kier molecular flexibility index (Phi) is 5.97. The summed E-state index contributed by atoms with van der Waals surface area (Å²) in [5.41, 5.74) is 1.30. The molecule has 0 bridgehead atoms. The van der Waals surface area contributed by atoms with Crippen molar-refractivity contribution in [3.05, 3.63) is 52.5 Å². The van der Waals surface area contributed by atoms with Crippen LogP contribution in [-0.4, -0.2) is 46.0 Å². The molecule has 1 aliphatic rings. The van der Waals surface area contributed by atoms with Gasteiger partial charge in [-0.25, -0.2) is 8.42 Å². The number of rotatable bonds is 5. The fourth-order valence-corrected chi connectivity index (χ4v) is 4.55. The molecule has 140 valence electrons. The molecule has 0 unspecified atom stereocenters. The lowest BCUT2D eigenvalue weighted by atomic mass is 10.2. The van der Waals surface area contributed by atoms with Gasteiger partial charge in [0.1, 0.15) is 0 Å². The average Bonchev–Trinajstić information content (AvgIpc) is 2.62. The van der Waals surface area contributed by atoms with E-state index >= 15 is 0 Å². The quantitative estimate of drug-likeness (QED) is 0.806. The molecule has 1 fully saturated rings. The predicted octanol–water partition coefficient (Wildman–Crippen LogP) is 3.94. The van der Waals surface area contributed by atoms with Gasteiger partial charge in [-0.3, -0.25) is 4.72 Å². The molecule has 2 aromatic carbocycles. The highest BCUT2D eigenvalue weighted by molar-refractivity contribution is 7.92. The van der Waals surface area contributed by atoms with Crippen LogP contribution in [0.25, 0.3) is 0 Å². The van der Waals surface area contributed by atoms with Gasteiger partial charge >= 0.3 is 0 Å². The van der Waals surface area contributed by atoms with E-state index in [1.807, 2.05) is 6.07 Å². The standard InChI is InChI=1S/C18H21Cl2N3O2S/c1-2-22-8-10-23(11-9-22)18-7-6-15(20)13-17(18)21-26(24,25)16-5-3-4-14(19)12-16/h3-7,12-13,21H,2,8-11H2,1H3. The molecule has 0 aromatic heterocycles. The number of halogens is 2. The normalized spacial score (nSPS) is 15.9. The van der Waals surface area contributed by atoms with E-state index in [0.29, 0.717) is 15.7 Å². The molecule has 0 radical (unpaired) electrons. The molecule has 0 atom stereocenters. The van der Waals surface area contributed by atoms with Crippen molar-refractivity contribution >= 4 is 44.6 Å². The second-order valence-corrected chi connectivity index (χ2v) is 8.70. The first-order chi connectivity index (χ1) is 12.4. The molecular formula is C18H21Cl2N3O2S. The van der Waals surface area contributed by atoms with Crippen LogP contribution in [0.2, 0.25) is 10.0 Å². The Morgan fingerprint density at radius 1 is 1.00 bits per heavy atom. The number of anilines is 2. The van der Waals surface area contributed by atoms with Crippen molar-refractivity contribution in [1.82, 2.24) is 4.90 Å². The van der Waals surface area contributed by atoms with Gasteiger partial charge in [0.15, 0.2) is 0 Å². The third kappa shape index (κ3) is 4.43. The van der Waals surface area contributed by atoms with E-state index in [2.05, 4.69) is 21.4 Å². The first-order valence-electron chi connectivity index (χ1n) is 8.44. The predicted molar refractivity (Wildman–Crippen MR) is 108 cm³/mol. The van der Waals surface area contributed by atoms with E-state index in [4.69, 9.17) is 23.2 Å². The lowest BCUT2D eigenvalue weighted by Gasteiger charge is -2.36. The van der Waals surface area contributed by atoms with Crippen molar-refractivity contribution in [3.8, 4) is 0 Å². The molecule has 1 aliphatic heterocycles. The maximum atomic E-state index is 12.8. The summed E-state index contributed by atoms with van der Waals surface area (Å²) in [7, 11) is -3.76. The zero-order valence-electron chi connectivity index (χ0n) is 14.5. The van der Waals surface area contributed by atoms with Crippen molar-refractivity contribution in [2.45, 2.75) is 11.8 Å². The maximum Gasteiger partial charge on any atom is 0.262 e. The van der Waals surface area contributed by atoms with Gasteiger partial charge in [0.25, 0.3) is 10.0 Å². The summed E-state index contributed by atoms with van der Waals surface area (Å²) in [6.07, 6.45) is 0. The summed E-state index contributed by atoms with van der Waals surface area (Å²) >= 11 is 12.1. The molecule has 1 heterocycles. The van der Waals surface area contributed by atoms with Gasteiger partial charge < -0.3 is 9.80 Å². The molecule has 2 aromatic rings. The van der Waals surface area contributed by atoms with E-state index < -0.39 is 10.0 Å². The zero-order valence-corrected chi connectivity index (χ0v) is 16.8. The van der Waals surface area contributed by atoms with E-state index in [9.17, 15) is 8.42 Å². The lowest BCUT2D eigenvalue weighted by molar-refractivity contribution is 0.271. The Bertz CT molecular complexity index is 882. The van der Waals surface area contributed by atoms with Crippen LogP contribution in [0.15, 0.2) is 47.4 Å². The molecule has 1 N–H and O–H groups in total. The third-order valence-corrected chi connectivity index (χ3v) is 6.30. The minimum atomic E-state index is -3.76. The molecular weight excluding hydrogens is 393 g/mol. The molecule has 8 heteroatoms. The van der Waals surface area contributed by atoms with Gasteiger partial charge in [0.05, 0.1) is 16.3 Å². The molecule has 0 amide bonds. The average molecular weight is 414 g/mol. The van der Waals surface area contributed by atoms with Crippen LogP contribution >= 0.6 is 23.2 Å². The number of piperazine rings is 1. The van der Waals surface area contributed by atoms with Crippen molar-refractivity contribution in [2.75, 3.05) is 42.3 Å². The Labute approximate surface area is 164 Å². The Morgan fingerprint density at radius 2 is 1.69 bits per heavy atom. The van der Waals surface area contributed by atoms with Crippen molar-refractivity contribution in [2.24, 2.45) is 0 Å². The number of benzene rings is 2. The van der Waals surface area contributed by atoms with Crippen LogP contribution in [0.1, 0.15) is 6.92 Å². The van der Waals surface area contributed by atoms with Gasteiger partial charge in [-0.2, -0.15) is 0 Å². The van der Waals surface area contributed by atoms with Gasteiger partial charge in [0.2, 0.25) is 0 Å². The molecule has 0 saturated carbocycles. The van der Waals surface area contributed by atoms with Crippen molar-refractivity contribution in [1.29, 1.82) is 0 Å². The third-order valence-electron chi connectivity index (χ3n) is 4.47. The van der Waals surface area contributed by atoms with E-state index in [1.165, 1.54) is 12.1 Å². The minimum Gasteiger partial charge on any atom is -0.367 e. The SMILES string of the molecule is CCN1CCN(c2ccc(Cl)cc2NS(=O)(=O)c2cccc(Cl)c2)CC1. The van der Waals surface area contributed by atoms with E-state index in [1.54, 1.807) is 24.3 Å². The lowest BCUT2D eigenvalue weighted by Crippen LogP contribution is -2.46. The van der Waals surface area contributed by atoms with Crippen molar-refractivity contribution in [3.63, 3.8) is 0 Å². The van der Waals surface area contributed by atoms with E-state index in [-0.39, 0.29) is 4.90 Å². The summed E-state index contributed by atoms with van der Waals surface area (Å²) in [5, 5.41) is 0.847. The first-order valence-corrected chi connectivity index (χ1v) is 10.7. The minimum absolute atomic E-state index is 0.117. The molecule has 3 rings (SSSR count). The Morgan fingerprint density at radius 3 is 2.35 bits per heavy atom. The monoisotopic (exact) mass is 413 g/mol. The van der Waals surface area contributed by atoms with Crippen LogP contribution in [0.5, 0.6) is 0 Å². The topological polar surface area (TPSA) is 52.6 Å². The number of hydrogen-bond donors (Lipinski definition) is 1. The van der Waals surface area contributed by atoms with Crippen LogP contribution < -0.4 is 9.62 Å². The highest BCUT2D eigenvalue weighted by Crippen LogP contribution is 2.32. The van der Waals surface area contributed by atoms with Gasteiger partial charge in [-0.05, 0) is 42.9 Å². The zero-order chi connectivity index (χ0) is 18.7. The number of hydrogen-bond acceptors (Lipinski definition) is 4. The first kappa shape index (κ1) is 19.3. The second kappa shape index (κ2) is 8.05. The maximum absolute atomic E-state index is 12.8. The van der Waals surface area contributed by atoms with Gasteiger partial charge in [-0.1, -0.05) is 36.2 Å². The number of likely N-dealkylation sites (N-methyl/N-ethyl adjacent to an activating group) is 1. The van der Waals surface area contributed by atoms with Crippen molar-refractivity contribution < 1.29 is 8.42 Å².